The highest BCUT2D eigenvalue weighted by Crippen LogP contribution is 2.24. The molecule has 8 heteroatoms. The summed E-state index contributed by atoms with van der Waals surface area (Å²) >= 11 is 5.95. The SMILES string of the molecule is Cc1ccc(Cl)cc1NS(=O)(=O)c1ccc(NC(=O)N2CCCCC2)cc1. The number of amides is 2. The van der Waals surface area contributed by atoms with Crippen LogP contribution in [0.15, 0.2) is 47.4 Å². The third-order valence-corrected chi connectivity index (χ3v) is 6.12. The molecule has 27 heavy (non-hydrogen) atoms. The highest BCUT2D eigenvalue weighted by atomic mass is 35.5. The van der Waals surface area contributed by atoms with Crippen molar-refractivity contribution in [1.82, 2.24) is 4.90 Å². The monoisotopic (exact) mass is 407 g/mol. The van der Waals surface area contributed by atoms with E-state index in [-0.39, 0.29) is 10.9 Å². The number of aryl methyl sites for hydroxylation is 1. The van der Waals surface area contributed by atoms with E-state index < -0.39 is 10.0 Å². The fraction of sp³-hybridized carbons (Fsp3) is 0.316. The standard InChI is InChI=1S/C19H22ClN3O3S/c1-14-5-6-15(20)13-18(14)22-27(25,26)17-9-7-16(8-10-17)21-19(24)23-11-3-2-4-12-23/h5-10,13,22H,2-4,11-12H2,1H3,(H,21,24). The minimum absolute atomic E-state index is 0.109. The van der Waals surface area contributed by atoms with Gasteiger partial charge in [-0.25, -0.2) is 13.2 Å². The van der Waals surface area contributed by atoms with Crippen molar-refractivity contribution in [3.05, 3.63) is 53.1 Å². The molecular formula is C19H22ClN3O3S. The number of nitrogens with zero attached hydrogens (tertiary/aromatic N) is 1. The molecular weight excluding hydrogens is 386 g/mol. The van der Waals surface area contributed by atoms with Crippen LogP contribution < -0.4 is 10.0 Å². The van der Waals surface area contributed by atoms with Gasteiger partial charge in [-0.05, 0) is 68.1 Å². The second-order valence-corrected chi connectivity index (χ2v) is 8.69. The Morgan fingerprint density at radius 2 is 1.70 bits per heavy atom. The quantitative estimate of drug-likeness (QED) is 0.784. The van der Waals surface area contributed by atoms with Crippen LogP contribution in [0.1, 0.15) is 24.8 Å². The van der Waals surface area contributed by atoms with E-state index in [1.165, 1.54) is 12.1 Å². The Morgan fingerprint density at radius 3 is 2.37 bits per heavy atom. The van der Waals surface area contributed by atoms with Gasteiger partial charge in [0.1, 0.15) is 0 Å². The number of anilines is 2. The van der Waals surface area contributed by atoms with Gasteiger partial charge in [0.05, 0.1) is 10.6 Å². The van der Waals surface area contributed by atoms with E-state index in [4.69, 9.17) is 11.6 Å². The molecule has 0 spiro atoms. The van der Waals surface area contributed by atoms with Gasteiger partial charge in [-0.15, -0.1) is 0 Å². The molecule has 3 rings (SSSR count). The predicted octanol–water partition coefficient (Wildman–Crippen LogP) is 4.47. The Balaban J connectivity index is 1.70. The highest BCUT2D eigenvalue weighted by Gasteiger charge is 2.18. The zero-order valence-corrected chi connectivity index (χ0v) is 16.6. The van der Waals surface area contributed by atoms with E-state index in [9.17, 15) is 13.2 Å². The molecule has 0 aliphatic carbocycles. The Bertz CT molecular complexity index is 924. The summed E-state index contributed by atoms with van der Waals surface area (Å²) in [7, 11) is -3.75. The van der Waals surface area contributed by atoms with E-state index >= 15 is 0 Å². The average Bonchev–Trinajstić information content (AvgIpc) is 2.65. The number of hydrogen-bond acceptors (Lipinski definition) is 3. The number of benzene rings is 2. The average molecular weight is 408 g/mol. The van der Waals surface area contributed by atoms with E-state index in [2.05, 4.69) is 10.0 Å². The molecule has 0 unspecified atom stereocenters. The van der Waals surface area contributed by atoms with E-state index in [0.29, 0.717) is 16.4 Å². The molecule has 0 bridgehead atoms. The summed E-state index contributed by atoms with van der Waals surface area (Å²) in [4.78, 5) is 14.1. The number of rotatable bonds is 4. The lowest BCUT2D eigenvalue weighted by Crippen LogP contribution is -2.38. The number of likely N-dealkylation sites (tertiary alicyclic amines) is 1. The van der Waals surface area contributed by atoms with Gasteiger partial charge < -0.3 is 10.2 Å². The molecule has 1 aliphatic rings. The normalized spacial score (nSPS) is 14.7. The second kappa shape index (κ2) is 8.19. The topological polar surface area (TPSA) is 78.5 Å². The Hall–Kier alpha value is -2.25. The lowest BCUT2D eigenvalue weighted by atomic mass is 10.1. The molecule has 1 aliphatic heterocycles. The van der Waals surface area contributed by atoms with Crippen molar-refractivity contribution in [3.63, 3.8) is 0 Å². The van der Waals surface area contributed by atoms with Gasteiger partial charge >= 0.3 is 6.03 Å². The number of nitrogens with one attached hydrogen (secondary N) is 2. The van der Waals surface area contributed by atoms with Gasteiger partial charge in [-0.3, -0.25) is 4.72 Å². The number of halogens is 1. The number of sulfonamides is 1. The van der Waals surface area contributed by atoms with Crippen LogP contribution in [0.3, 0.4) is 0 Å². The molecule has 1 saturated heterocycles. The first-order valence-corrected chi connectivity index (χ1v) is 10.7. The van der Waals surface area contributed by atoms with Crippen LogP contribution in [0.5, 0.6) is 0 Å². The summed E-state index contributed by atoms with van der Waals surface area (Å²) in [6.45, 7) is 3.30. The van der Waals surface area contributed by atoms with Crippen LogP contribution in [0.2, 0.25) is 5.02 Å². The largest absolute Gasteiger partial charge is 0.325 e. The van der Waals surface area contributed by atoms with Crippen LogP contribution in [0, 0.1) is 6.92 Å². The molecule has 2 N–H and O–H groups in total. The van der Waals surface area contributed by atoms with Gasteiger partial charge in [0.2, 0.25) is 0 Å². The summed E-state index contributed by atoms with van der Waals surface area (Å²) < 4.78 is 27.7. The van der Waals surface area contributed by atoms with Gasteiger partial charge in [0, 0.05) is 23.8 Å². The molecule has 0 radical (unpaired) electrons. The van der Waals surface area contributed by atoms with Crippen molar-refractivity contribution in [2.45, 2.75) is 31.1 Å². The lowest BCUT2D eigenvalue weighted by Gasteiger charge is -2.26. The minimum Gasteiger partial charge on any atom is -0.325 e. The fourth-order valence-electron chi connectivity index (χ4n) is 2.92. The van der Waals surface area contributed by atoms with Crippen LogP contribution in [0.25, 0.3) is 0 Å². The maximum Gasteiger partial charge on any atom is 0.321 e. The maximum atomic E-state index is 12.6. The number of piperidine rings is 1. The van der Waals surface area contributed by atoms with Crippen LogP contribution in [-0.4, -0.2) is 32.4 Å². The van der Waals surface area contributed by atoms with Crippen LogP contribution in [-0.2, 0) is 10.0 Å². The minimum atomic E-state index is -3.75. The van der Waals surface area contributed by atoms with Crippen LogP contribution >= 0.6 is 11.6 Å². The van der Waals surface area contributed by atoms with Crippen molar-refractivity contribution < 1.29 is 13.2 Å². The lowest BCUT2D eigenvalue weighted by molar-refractivity contribution is 0.200. The van der Waals surface area contributed by atoms with Gasteiger partial charge in [-0.1, -0.05) is 17.7 Å². The summed E-state index contributed by atoms with van der Waals surface area (Å²) in [5.74, 6) is 0. The summed E-state index contributed by atoms with van der Waals surface area (Å²) in [5.41, 5.74) is 1.77. The van der Waals surface area contributed by atoms with Crippen molar-refractivity contribution >= 4 is 39.0 Å². The Labute approximate surface area is 164 Å². The van der Waals surface area contributed by atoms with E-state index in [1.54, 1.807) is 42.2 Å². The zero-order valence-electron chi connectivity index (χ0n) is 15.0. The van der Waals surface area contributed by atoms with E-state index in [0.717, 1.165) is 37.9 Å². The number of carbonyl (C=O) groups excluding carboxylic acids is 1. The number of carbonyl (C=O) groups is 1. The molecule has 1 heterocycles. The van der Waals surface area contributed by atoms with Crippen molar-refractivity contribution in [3.8, 4) is 0 Å². The molecule has 0 aromatic heterocycles. The predicted molar refractivity (Wildman–Crippen MR) is 108 cm³/mol. The molecule has 1 fully saturated rings. The molecule has 2 aromatic rings. The van der Waals surface area contributed by atoms with Gasteiger partial charge in [-0.2, -0.15) is 0 Å². The van der Waals surface area contributed by atoms with Gasteiger partial charge in [0.15, 0.2) is 0 Å². The van der Waals surface area contributed by atoms with Crippen LogP contribution in [0.4, 0.5) is 16.2 Å². The smallest absolute Gasteiger partial charge is 0.321 e. The third kappa shape index (κ3) is 4.93. The summed E-state index contributed by atoms with van der Waals surface area (Å²) in [6, 6.07) is 11.0. The number of hydrogen-bond donors (Lipinski definition) is 2. The van der Waals surface area contributed by atoms with Gasteiger partial charge in [0.25, 0.3) is 10.0 Å². The first kappa shape index (κ1) is 19.5. The fourth-order valence-corrected chi connectivity index (χ4v) is 4.22. The molecule has 144 valence electrons. The van der Waals surface area contributed by atoms with E-state index in [1.807, 2.05) is 0 Å². The van der Waals surface area contributed by atoms with Crippen molar-refractivity contribution in [2.75, 3.05) is 23.1 Å². The molecule has 2 aromatic carbocycles. The number of urea groups is 1. The Kier molecular flexibility index (Phi) is 5.92. The zero-order chi connectivity index (χ0) is 19.4. The summed E-state index contributed by atoms with van der Waals surface area (Å²) in [6.07, 6.45) is 3.17. The molecule has 2 amide bonds. The first-order valence-electron chi connectivity index (χ1n) is 8.80. The molecule has 0 atom stereocenters. The summed E-state index contributed by atoms with van der Waals surface area (Å²) in [5, 5.41) is 3.26. The first-order chi connectivity index (χ1) is 12.8. The highest BCUT2D eigenvalue weighted by molar-refractivity contribution is 7.92. The van der Waals surface area contributed by atoms with Crippen molar-refractivity contribution in [2.24, 2.45) is 0 Å². The third-order valence-electron chi connectivity index (χ3n) is 4.50. The van der Waals surface area contributed by atoms with Crippen molar-refractivity contribution in [1.29, 1.82) is 0 Å². The Morgan fingerprint density at radius 1 is 1.04 bits per heavy atom. The molecule has 0 saturated carbocycles. The molecule has 6 nitrogen and oxygen atoms in total. The second-order valence-electron chi connectivity index (χ2n) is 6.57. The maximum absolute atomic E-state index is 12.6.